The number of carbonyl (C=O) groups is 2. The number of hydrogen-bond donors (Lipinski definition) is 1. The Morgan fingerprint density at radius 2 is 1.76 bits per heavy atom. The van der Waals surface area contributed by atoms with Crippen molar-refractivity contribution in [2.45, 2.75) is 53.1 Å². The van der Waals surface area contributed by atoms with Crippen molar-refractivity contribution in [3.8, 4) is 11.3 Å². The number of aryl methyl sites for hydroxylation is 2. The second kappa shape index (κ2) is 11.1. The molecule has 1 fully saturated rings. The molecular weight excluding hydrogens is 436 g/mol. The molecule has 2 heterocycles. The third-order valence-electron chi connectivity index (χ3n) is 5.45. The Labute approximate surface area is 201 Å². The van der Waals surface area contributed by atoms with Crippen molar-refractivity contribution in [3.63, 3.8) is 0 Å². The zero-order chi connectivity index (χ0) is 24.0. The highest BCUT2D eigenvalue weighted by atomic mass is 32.1. The van der Waals surface area contributed by atoms with Crippen LogP contribution in [0.15, 0.2) is 24.3 Å². The number of carbonyl (C=O) groups excluding carboxylic acids is 2. The van der Waals surface area contributed by atoms with Crippen molar-refractivity contribution in [1.82, 2.24) is 20.1 Å². The van der Waals surface area contributed by atoms with Gasteiger partial charge in [-0.2, -0.15) is 0 Å². The molecule has 2 amide bonds. The van der Waals surface area contributed by atoms with E-state index >= 15 is 0 Å². The van der Waals surface area contributed by atoms with Crippen LogP contribution in [0.2, 0.25) is 0 Å². The van der Waals surface area contributed by atoms with Gasteiger partial charge in [-0.05, 0) is 47.6 Å². The first kappa shape index (κ1) is 25.2. The van der Waals surface area contributed by atoms with Gasteiger partial charge in [0.15, 0.2) is 0 Å². The lowest BCUT2D eigenvalue weighted by molar-refractivity contribution is -0.120. The number of ether oxygens (including phenoxy) is 1. The number of benzene rings is 1. The van der Waals surface area contributed by atoms with Crippen LogP contribution < -0.4 is 5.32 Å². The van der Waals surface area contributed by atoms with E-state index in [2.05, 4.69) is 46.4 Å². The lowest BCUT2D eigenvalue weighted by Crippen LogP contribution is -2.50. The molecule has 0 saturated carbocycles. The first-order valence-corrected chi connectivity index (χ1v) is 12.4. The summed E-state index contributed by atoms with van der Waals surface area (Å²) in [6.07, 6.45) is 0.992. The van der Waals surface area contributed by atoms with Gasteiger partial charge in [-0.15, -0.1) is 11.3 Å². The van der Waals surface area contributed by atoms with Crippen LogP contribution >= 0.6 is 11.3 Å². The van der Waals surface area contributed by atoms with Gasteiger partial charge in [0.1, 0.15) is 5.60 Å². The van der Waals surface area contributed by atoms with Gasteiger partial charge in [0.25, 0.3) is 0 Å². The fraction of sp³-hybridized carbons (Fsp3) is 0.560. The maximum Gasteiger partial charge on any atom is 0.410 e. The molecule has 0 radical (unpaired) electrons. The van der Waals surface area contributed by atoms with Crippen molar-refractivity contribution in [2.75, 3.05) is 39.3 Å². The molecule has 0 unspecified atom stereocenters. The molecule has 3 rings (SSSR count). The average molecular weight is 473 g/mol. The van der Waals surface area contributed by atoms with Crippen LogP contribution in [-0.2, 0) is 16.0 Å². The molecule has 0 spiro atoms. The van der Waals surface area contributed by atoms with Crippen molar-refractivity contribution < 1.29 is 14.3 Å². The fourth-order valence-corrected chi connectivity index (χ4v) is 4.70. The largest absolute Gasteiger partial charge is 0.444 e. The van der Waals surface area contributed by atoms with E-state index in [0.717, 1.165) is 47.2 Å². The van der Waals surface area contributed by atoms with E-state index in [1.807, 2.05) is 27.7 Å². The molecular formula is C25H36N4O3S. The number of aromatic nitrogens is 1. The molecule has 1 aromatic heterocycles. The highest BCUT2D eigenvalue weighted by molar-refractivity contribution is 7.12. The Bertz CT molecular complexity index is 942. The first-order chi connectivity index (χ1) is 15.6. The predicted molar refractivity (Wildman–Crippen MR) is 133 cm³/mol. The van der Waals surface area contributed by atoms with Gasteiger partial charge >= 0.3 is 6.09 Å². The van der Waals surface area contributed by atoms with E-state index in [4.69, 9.17) is 4.74 Å². The maximum atomic E-state index is 12.5. The zero-order valence-corrected chi connectivity index (χ0v) is 21.3. The summed E-state index contributed by atoms with van der Waals surface area (Å²) in [4.78, 5) is 34.5. The normalized spacial score (nSPS) is 14.9. The van der Waals surface area contributed by atoms with Gasteiger partial charge in [0.2, 0.25) is 5.91 Å². The van der Waals surface area contributed by atoms with Gasteiger partial charge in [-0.1, -0.05) is 29.8 Å². The van der Waals surface area contributed by atoms with Crippen molar-refractivity contribution >= 4 is 23.3 Å². The van der Waals surface area contributed by atoms with Crippen molar-refractivity contribution in [3.05, 3.63) is 39.7 Å². The maximum absolute atomic E-state index is 12.5. The van der Waals surface area contributed by atoms with Gasteiger partial charge in [-0.25, -0.2) is 9.78 Å². The fourth-order valence-electron chi connectivity index (χ4n) is 3.75. The summed E-state index contributed by atoms with van der Waals surface area (Å²) in [6, 6.07) is 8.27. The van der Waals surface area contributed by atoms with Crippen LogP contribution in [0.5, 0.6) is 0 Å². The minimum absolute atomic E-state index is 0.0294. The Hall–Kier alpha value is -2.45. The van der Waals surface area contributed by atoms with Crippen LogP contribution in [0, 0.1) is 13.8 Å². The van der Waals surface area contributed by atoms with E-state index in [0.29, 0.717) is 26.1 Å². The molecule has 0 bridgehead atoms. The molecule has 2 aromatic rings. The quantitative estimate of drug-likeness (QED) is 0.616. The van der Waals surface area contributed by atoms with E-state index in [1.165, 1.54) is 5.56 Å². The SMILES string of the molecule is Cc1ccc(-c2nc(C)sc2CC(=O)NCCCN2CCN(C(=O)OC(C)(C)C)CC2)cc1. The summed E-state index contributed by atoms with van der Waals surface area (Å²) in [6.45, 7) is 14.2. The second-order valence-electron chi connectivity index (χ2n) is 9.56. The monoisotopic (exact) mass is 472 g/mol. The Kier molecular flexibility index (Phi) is 8.48. The van der Waals surface area contributed by atoms with Gasteiger partial charge in [0, 0.05) is 43.2 Å². The number of hydrogen-bond acceptors (Lipinski definition) is 6. The number of thiazole rings is 1. The first-order valence-electron chi connectivity index (χ1n) is 11.6. The highest BCUT2D eigenvalue weighted by Crippen LogP contribution is 2.28. The lowest BCUT2D eigenvalue weighted by Gasteiger charge is -2.35. The molecule has 33 heavy (non-hydrogen) atoms. The molecule has 1 aliphatic rings. The molecule has 180 valence electrons. The van der Waals surface area contributed by atoms with Crippen molar-refractivity contribution in [2.24, 2.45) is 0 Å². The number of amides is 2. The summed E-state index contributed by atoms with van der Waals surface area (Å²) in [5.41, 5.74) is 2.70. The Balaban J connectivity index is 1.38. The summed E-state index contributed by atoms with van der Waals surface area (Å²) in [7, 11) is 0. The molecule has 1 saturated heterocycles. The molecule has 0 atom stereocenters. The molecule has 1 N–H and O–H groups in total. The molecule has 0 aliphatic carbocycles. The third kappa shape index (κ3) is 7.82. The van der Waals surface area contributed by atoms with Crippen LogP contribution in [0.3, 0.4) is 0 Å². The van der Waals surface area contributed by atoms with Crippen LogP contribution in [0.1, 0.15) is 42.6 Å². The molecule has 1 aliphatic heterocycles. The average Bonchev–Trinajstić information content (AvgIpc) is 3.11. The molecule has 7 nitrogen and oxygen atoms in total. The minimum Gasteiger partial charge on any atom is -0.444 e. The van der Waals surface area contributed by atoms with E-state index in [-0.39, 0.29) is 12.0 Å². The molecule has 8 heteroatoms. The number of nitrogens with zero attached hydrogens (tertiary/aromatic N) is 3. The number of rotatable bonds is 7. The predicted octanol–water partition coefficient (Wildman–Crippen LogP) is 4.03. The summed E-state index contributed by atoms with van der Waals surface area (Å²) >= 11 is 1.59. The summed E-state index contributed by atoms with van der Waals surface area (Å²) in [5.74, 6) is 0.0294. The van der Waals surface area contributed by atoms with Crippen LogP contribution in [0.25, 0.3) is 11.3 Å². The Morgan fingerprint density at radius 3 is 2.39 bits per heavy atom. The lowest BCUT2D eigenvalue weighted by atomic mass is 10.1. The van der Waals surface area contributed by atoms with Crippen molar-refractivity contribution in [1.29, 1.82) is 0 Å². The summed E-state index contributed by atoms with van der Waals surface area (Å²) in [5, 5.41) is 4.02. The number of nitrogens with one attached hydrogen (secondary N) is 1. The summed E-state index contributed by atoms with van der Waals surface area (Å²) < 4.78 is 5.45. The highest BCUT2D eigenvalue weighted by Gasteiger charge is 2.25. The number of piperazine rings is 1. The molecule has 1 aromatic carbocycles. The van der Waals surface area contributed by atoms with Crippen LogP contribution in [-0.4, -0.2) is 71.7 Å². The van der Waals surface area contributed by atoms with Gasteiger partial charge < -0.3 is 15.0 Å². The van der Waals surface area contributed by atoms with E-state index in [1.54, 1.807) is 16.2 Å². The smallest absolute Gasteiger partial charge is 0.410 e. The third-order valence-corrected chi connectivity index (χ3v) is 6.42. The van der Waals surface area contributed by atoms with E-state index < -0.39 is 5.60 Å². The van der Waals surface area contributed by atoms with E-state index in [9.17, 15) is 9.59 Å². The standard InChI is InChI=1S/C25H36N4O3S/c1-18-7-9-20(10-8-18)23-21(33-19(2)27-23)17-22(30)26-11-6-12-28-13-15-29(16-14-28)24(31)32-25(3,4)5/h7-10H,6,11-17H2,1-5H3,(H,26,30). The van der Waals surface area contributed by atoms with Gasteiger partial charge in [-0.3, -0.25) is 9.69 Å². The topological polar surface area (TPSA) is 74.8 Å². The van der Waals surface area contributed by atoms with Crippen LogP contribution in [0.4, 0.5) is 4.79 Å². The van der Waals surface area contributed by atoms with Gasteiger partial charge in [0.05, 0.1) is 17.1 Å². The Morgan fingerprint density at radius 1 is 1.09 bits per heavy atom. The minimum atomic E-state index is -0.467. The zero-order valence-electron chi connectivity index (χ0n) is 20.4. The second-order valence-corrected chi connectivity index (χ2v) is 10.8.